The van der Waals surface area contributed by atoms with Crippen molar-refractivity contribution in [1.82, 2.24) is 0 Å². The summed E-state index contributed by atoms with van der Waals surface area (Å²) in [5, 5.41) is 14.3. The Labute approximate surface area is 158 Å². The smallest absolute Gasteiger partial charge is 0.283 e. The Bertz CT molecular complexity index is 790. The van der Waals surface area contributed by atoms with Gasteiger partial charge in [-0.05, 0) is 48.3 Å². The van der Waals surface area contributed by atoms with Crippen LogP contribution in [0, 0.1) is 16.0 Å². The molecule has 0 aliphatic heterocycles. The molecule has 0 radical (unpaired) electrons. The van der Waals surface area contributed by atoms with Crippen LogP contribution in [-0.4, -0.2) is 16.6 Å². The van der Waals surface area contributed by atoms with Crippen LogP contribution in [0.15, 0.2) is 47.4 Å². The number of hydrogen-bond acceptors (Lipinski definition) is 4. The number of carbonyl (C=O) groups excluding carboxylic acids is 1. The third-order valence-electron chi connectivity index (χ3n) is 4.02. The summed E-state index contributed by atoms with van der Waals surface area (Å²) in [6.45, 7) is 6.26. The highest BCUT2D eigenvalue weighted by Crippen LogP contribution is 2.31. The highest BCUT2D eigenvalue weighted by molar-refractivity contribution is 7.99. The maximum absolute atomic E-state index is 12.5. The molecule has 0 saturated heterocycles. The van der Waals surface area contributed by atoms with Crippen molar-refractivity contribution in [1.29, 1.82) is 0 Å². The molecule has 5 nitrogen and oxygen atoms in total. The summed E-state index contributed by atoms with van der Waals surface area (Å²) in [7, 11) is 0. The number of amides is 1. The van der Waals surface area contributed by atoms with E-state index < -0.39 is 4.92 Å². The summed E-state index contributed by atoms with van der Waals surface area (Å²) in [5.41, 5.74) is 2.03. The fraction of sp³-hybridized carbons (Fsp3) is 0.350. The number of para-hydroxylation sites is 1. The largest absolute Gasteiger partial charge is 0.322 e. The van der Waals surface area contributed by atoms with Crippen LogP contribution in [0.2, 0.25) is 0 Å². The predicted octanol–water partition coefficient (Wildman–Crippen LogP) is 5.55. The molecule has 0 aliphatic rings. The Morgan fingerprint density at radius 2 is 1.96 bits per heavy atom. The minimum atomic E-state index is -0.422. The molecule has 0 aromatic heterocycles. The van der Waals surface area contributed by atoms with Gasteiger partial charge in [-0.15, -0.1) is 11.8 Å². The summed E-state index contributed by atoms with van der Waals surface area (Å²) in [4.78, 5) is 24.1. The van der Waals surface area contributed by atoms with Crippen molar-refractivity contribution >= 4 is 29.0 Å². The van der Waals surface area contributed by atoms with Crippen LogP contribution in [0.1, 0.15) is 43.1 Å². The van der Waals surface area contributed by atoms with Gasteiger partial charge in [0, 0.05) is 17.3 Å². The van der Waals surface area contributed by atoms with Gasteiger partial charge in [0.2, 0.25) is 0 Å². The van der Waals surface area contributed by atoms with Crippen LogP contribution in [-0.2, 0) is 6.42 Å². The molecule has 26 heavy (non-hydrogen) atoms. The fourth-order valence-corrected chi connectivity index (χ4v) is 3.73. The summed E-state index contributed by atoms with van der Waals surface area (Å²) in [6.07, 6.45) is 1.78. The first-order valence-corrected chi connectivity index (χ1v) is 9.71. The average molecular weight is 372 g/mol. The van der Waals surface area contributed by atoms with Crippen LogP contribution < -0.4 is 5.32 Å². The Balaban J connectivity index is 2.20. The lowest BCUT2D eigenvalue weighted by Crippen LogP contribution is -2.13. The van der Waals surface area contributed by atoms with E-state index in [0.29, 0.717) is 10.8 Å². The lowest BCUT2D eigenvalue weighted by molar-refractivity contribution is -0.387. The van der Waals surface area contributed by atoms with Crippen LogP contribution in [0.3, 0.4) is 0 Å². The van der Waals surface area contributed by atoms with Crippen LogP contribution in [0.4, 0.5) is 11.4 Å². The molecule has 2 aromatic carbocycles. The van der Waals surface area contributed by atoms with Crippen molar-refractivity contribution in [2.75, 3.05) is 11.1 Å². The maximum atomic E-state index is 12.5. The normalized spacial score (nSPS) is 10.8. The molecule has 0 unspecified atom stereocenters. The number of nitro groups is 1. The Hall–Kier alpha value is -2.34. The second kappa shape index (κ2) is 9.38. The first-order valence-electron chi connectivity index (χ1n) is 8.72. The maximum Gasteiger partial charge on any atom is 0.283 e. The van der Waals surface area contributed by atoms with Gasteiger partial charge in [0.1, 0.15) is 0 Å². The molecule has 0 heterocycles. The van der Waals surface area contributed by atoms with E-state index in [1.54, 1.807) is 12.1 Å². The van der Waals surface area contributed by atoms with Crippen LogP contribution in [0.25, 0.3) is 0 Å². The lowest BCUT2D eigenvalue weighted by atomic mass is 10.1. The monoisotopic (exact) mass is 372 g/mol. The van der Waals surface area contributed by atoms with E-state index in [2.05, 4.69) is 19.2 Å². The van der Waals surface area contributed by atoms with Crippen molar-refractivity contribution < 1.29 is 9.72 Å². The van der Waals surface area contributed by atoms with Gasteiger partial charge in [-0.1, -0.05) is 39.0 Å². The van der Waals surface area contributed by atoms with E-state index in [9.17, 15) is 14.9 Å². The van der Waals surface area contributed by atoms with Gasteiger partial charge in [0.05, 0.1) is 9.82 Å². The van der Waals surface area contributed by atoms with E-state index in [1.165, 1.54) is 17.8 Å². The number of aryl methyl sites for hydroxylation is 1. The fourth-order valence-electron chi connectivity index (χ4n) is 2.47. The van der Waals surface area contributed by atoms with Gasteiger partial charge >= 0.3 is 0 Å². The quantitative estimate of drug-likeness (QED) is 0.375. The van der Waals surface area contributed by atoms with Crippen molar-refractivity contribution in [3.8, 4) is 0 Å². The SMILES string of the molecule is CCc1ccccc1NC(=O)c1ccc(SCCC(C)C)c([N+](=O)[O-])c1. The molecule has 138 valence electrons. The Kier molecular flexibility index (Phi) is 7.21. The molecule has 1 N–H and O–H groups in total. The molecular formula is C20H24N2O3S. The highest BCUT2D eigenvalue weighted by atomic mass is 32.2. The first kappa shape index (κ1) is 20.0. The third-order valence-corrected chi connectivity index (χ3v) is 5.11. The summed E-state index contributed by atoms with van der Waals surface area (Å²) >= 11 is 1.46. The number of benzene rings is 2. The number of nitrogens with zero attached hydrogens (tertiary/aromatic N) is 1. The van der Waals surface area contributed by atoms with E-state index in [1.807, 2.05) is 31.2 Å². The van der Waals surface area contributed by atoms with Crippen molar-refractivity contribution in [2.24, 2.45) is 5.92 Å². The molecular weight excluding hydrogens is 348 g/mol. The molecule has 1 amide bonds. The van der Waals surface area contributed by atoms with Crippen molar-refractivity contribution in [3.63, 3.8) is 0 Å². The van der Waals surface area contributed by atoms with Crippen molar-refractivity contribution in [2.45, 2.75) is 38.5 Å². The zero-order valence-corrected chi connectivity index (χ0v) is 16.1. The van der Waals surface area contributed by atoms with Gasteiger partial charge in [0.15, 0.2) is 0 Å². The van der Waals surface area contributed by atoms with Gasteiger partial charge in [-0.3, -0.25) is 14.9 Å². The lowest BCUT2D eigenvalue weighted by Gasteiger charge is -2.10. The van der Waals surface area contributed by atoms with E-state index >= 15 is 0 Å². The second-order valence-corrected chi connectivity index (χ2v) is 7.57. The van der Waals surface area contributed by atoms with E-state index in [4.69, 9.17) is 0 Å². The number of carbonyl (C=O) groups is 1. The topological polar surface area (TPSA) is 72.2 Å². The zero-order valence-electron chi connectivity index (χ0n) is 15.3. The molecule has 0 bridgehead atoms. The van der Waals surface area contributed by atoms with Gasteiger partial charge < -0.3 is 5.32 Å². The summed E-state index contributed by atoms with van der Waals surface area (Å²) in [6, 6.07) is 12.2. The molecule has 0 fully saturated rings. The highest BCUT2D eigenvalue weighted by Gasteiger charge is 2.18. The van der Waals surface area contributed by atoms with Gasteiger partial charge in [-0.25, -0.2) is 0 Å². The van der Waals surface area contributed by atoms with E-state index in [-0.39, 0.29) is 17.2 Å². The minimum absolute atomic E-state index is 0.0183. The Morgan fingerprint density at radius 3 is 2.62 bits per heavy atom. The number of nitro benzene ring substituents is 1. The number of nitrogens with one attached hydrogen (secondary N) is 1. The zero-order chi connectivity index (χ0) is 19.1. The first-order chi connectivity index (χ1) is 12.4. The molecule has 2 rings (SSSR count). The molecule has 2 aromatic rings. The Morgan fingerprint density at radius 1 is 1.23 bits per heavy atom. The molecule has 6 heteroatoms. The number of hydrogen-bond donors (Lipinski definition) is 1. The van der Waals surface area contributed by atoms with Gasteiger partial charge in [-0.2, -0.15) is 0 Å². The number of thioether (sulfide) groups is 1. The third kappa shape index (κ3) is 5.33. The average Bonchev–Trinajstić information content (AvgIpc) is 2.61. The molecule has 0 spiro atoms. The standard InChI is InChI=1S/C20H24N2O3S/c1-4-15-7-5-6-8-17(15)21-20(23)16-9-10-19(18(13-16)22(24)25)26-12-11-14(2)3/h5-10,13-14H,4,11-12H2,1-3H3,(H,21,23). The predicted molar refractivity (Wildman–Crippen MR) is 107 cm³/mol. The number of anilines is 1. The summed E-state index contributed by atoms with van der Waals surface area (Å²) < 4.78 is 0. The van der Waals surface area contributed by atoms with Crippen LogP contribution in [0.5, 0.6) is 0 Å². The number of rotatable bonds is 8. The molecule has 0 saturated carbocycles. The molecule has 0 aliphatic carbocycles. The van der Waals surface area contributed by atoms with Crippen LogP contribution >= 0.6 is 11.8 Å². The second-order valence-electron chi connectivity index (χ2n) is 6.44. The summed E-state index contributed by atoms with van der Waals surface area (Å²) in [5.74, 6) is 1.02. The minimum Gasteiger partial charge on any atom is -0.322 e. The van der Waals surface area contributed by atoms with E-state index in [0.717, 1.165) is 29.8 Å². The molecule has 0 atom stereocenters. The van der Waals surface area contributed by atoms with Crippen molar-refractivity contribution in [3.05, 3.63) is 63.7 Å². The van der Waals surface area contributed by atoms with Gasteiger partial charge in [0.25, 0.3) is 11.6 Å².